The second-order valence-electron chi connectivity index (χ2n) is 4.05. The Bertz CT molecular complexity index is 584. The van der Waals surface area contributed by atoms with Crippen LogP contribution in [0, 0.1) is 20.8 Å². The molecule has 0 bridgehead atoms. The molecule has 0 unspecified atom stereocenters. The van der Waals surface area contributed by atoms with Crippen molar-refractivity contribution < 1.29 is 14.3 Å². The molecule has 1 heterocycles. The lowest BCUT2D eigenvalue weighted by molar-refractivity contribution is 0.0689. The molecule has 0 aliphatic heterocycles. The van der Waals surface area contributed by atoms with Crippen LogP contribution in [0.2, 0.25) is 0 Å². The van der Waals surface area contributed by atoms with Gasteiger partial charge in [-0.25, -0.2) is 9.78 Å². The van der Waals surface area contributed by atoms with Crippen molar-refractivity contribution in [3.63, 3.8) is 0 Å². The summed E-state index contributed by atoms with van der Waals surface area (Å²) in [4.78, 5) is 14.9. The Morgan fingerprint density at radius 2 is 2.00 bits per heavy atom. The molecule has 4 heteroatoms. The normalized spacial score (nSPS) is 10.5. The highest BCUT2D eigenvalue weighted by molar-refractivity contribution is 5.87. The minimum absolute atomic E-state index is 0.0269. The van der Waals surface area contributed by atoms with Crippen LogP contribution in [-0.2, 0) is 0 Å². The minimum Gasteiger partial charge on any atom is -0.476 e. The molecule has 1 aromatic heterocycles. The Hall–Kier alpha value is -2.10. The van der Waals surface area contributed by atoms with Crippen molar-refractivity contribution in [1.82, 2.24) is 4.98 Å². The van der Waals surface area contributed by atoms with Crippen LogP contribution < -0.4 is 0 Å². The summed E-state index contributed by atoms with van der Waals surface area (Å²) in [7, 11) is 0. The highest BCUT2D eigenvalue weighted by atomic mass is 16.4. The molecule has 1 N–H and O–H groups in total. The molecule has 0 amide bonds. The first kappa shape index (κ1) is 11.4. The number of carbonyl (C=O) groups is 1. The van der Waals surface area contributed by atoms with E-state index in [0.717, 1.165) is 16.7 Å². The Morgan fingerprint density at radius 3 is 2.59 bits per heavy atom. The number of aryl methyl sites for hydroxylation is 3. The van der Waals surface area contributed by atoms with E-state index in [1.165, 1.54) is 0 Å². The third-order valence-corrected chi connectivity index (χ3v) is 2.62. The second kappa shape index (κ2) is 4.05. The summed E-state index contributed by atoms with van der Waals surface area (Å²) in [5, 5.41) is 8.93. The van der Waals surface area contributed by atoms with Crippen molar-refractivity contribution in [1.29, 1.82) is 0 Å². The van der Waals surface area contributed by atoms with Gasteiger partial charge in [0.2, 0.25) is 5.89 Å². The molecule has 0 saturated heterocycles. The maximum Gasteiger partial charge on any atom is 0.358 e. The number of hydrogen-bond donors (Lipinski definition) is 1. The topological polar surface area (TPSA) is 63.3 Å². The molecule has 0 spiro atoms. The maximum absolute atomic E-state index is 10.9. The van der Waals surface area contributed by atoms with Crippen LogP contribution in [0.15, 0.2) is 22.6 Å². The molecular formula is C13H13NO3. The standard InChI is InChI=1S/C13H13NO3/c1-7-4-5-8(2)10(6-7)12-14-11(13(15)16)9(3)17-12/h4-6H,1-3H3,(H,15,16). The summed E-state index contributed by atoms with van der Waals surface area (Å²) in [5.74, 6) is -0.377. The lowest BCUT2D eigenvalue weighted by Crippen LogP contribution is -1.98. The first-order chi connectivity index (χ1) is 7.99. The number of nitrogens with zero attached hydrogens (tertiary/aromatic N) is 1. The SMILES string of the molecule is Cc1ccc(C)c(-c2nc(C(=O)O)c(C)o2)c1. The monoisotopic (exact) mass is 231 g/mol. The van der Waals surface area contributed by atoms with E-state index in [-0.39, 0.29) is 5.69 Å². The molecule has 0 radical (unpaired) electrons. The van der Waals surface area contributed by atoms with Crippen molar-refractivity contribution in [3.8, 4) is 11.5 Å². The van der Waals surface area contributed by atoms with Crippen molar-refractivity contribution in [2.45, 2.75) is 20.8 Å². The van der Waals surface area contributed by atoms with Gasteiger partial charge in [-0.1, -0.05) is 17.7 Å². The number of oxazole rings is 1. The average Bonchev–Trinajstić information content (AvgIpc) is 2.64. The van der Waals surface area contributed by atoms with Crippen LogP contribution in [0.25, 0.3) is 11.5 Å². The number of hydrogen-bond acceptors (Lipinski definition) is 3. The van der Waals surface area contributed by atoms with Gasteiger partial charge in [-0.05, 0) is 32.4 Å². The molecule has 2 aromatic rings. The van der Waals surface area contributed by atoms with Gasteiger partial charge < -0.3 is 9.52 Å². The van der Waals surface area contributed by atoms with E-state index < -0.39 is 5.97 Å². The van der Waals surface area contributed by atoms with Gasteiger partial charge in [0.05, 0.1) is 0 Å². The summed E-state index contributed by atoms with van der Waals surface area (Å²) in [5.41, 5.74) is 2.90. The summed E-state index contributed by atoms with van der Waals surface area (Å²) in [6, 6.07) is 5.89. The number of rotatable bonds is 2. The smallest absolute Gasteiger partial charge is 0.358 e. The number of carboxylic acid groups (broad SMARTS) is 1. The molecule has 1 aromatic carbocycles. The third-order valence-electron chi connectivity index (χ3n) is 2.62. The van der Waals surface area contributed by atoms with Crippen molar-refractivity contribution in [2.24, 2.45) is 0 Å². The predicted octanol–water partition coefficient (Wildman–Crippen LogP) is 2.97. The number of aromatic nitrogens is 1. The highest BCUT2D eigenvalue weighted by Gasteiger charge is 2.17. The van der Waals surface area contributed by atoms with Crippen molar-refractivity contribution in [2.75, 3.05) is 0 Å². The Balaban J connectivity index is 2.57. The molecule has 0 fully saturated rings. The van der Waals surface area contributed by atoms with E-state index in [4.69, 9.17) is 9.52 Å². The zero-order valence-electron chi connectivity index (χ0n) is 9.94. The fraction of sp³-hybridized carbons (Fsp3) is 0.231. The zero-order chi connectivity index (χ0) is 12.6. The van der Waals surface area contributed by atoms with E-state index in [1.807, 2.05) is 32.0 Å². The summed E-state index contributed by atoms with van der Waals surface area (Å²) >= 11 is 0. The Morgan fingerprint density at radius 1 is 1.29 bits per heavy atom. The van der Waals surface area contributed by atoms with Gasteiger partial charge in [-0.3, -0.25) is 0 Å². The molecule has 17 heavy (non-hydrogen) atoms. The molecule has 0 saturated carbocycles. The highest BCUT2D eigenvalue weighted by Crippen LogP contribution is 2.25. The average molecular weight is 231 g/mol. The van der Waals surface area contributed by atoms with E-state index in [9.17, 15) is 4.79 Å². The second-order valence-corrected chi connectivity index (χ2v) is 4.05. The fourth-order valence-electron chi connectivity index (χ4n) is 1.68. The molecule has 4 nitrogen and oxygen atoms in total. The molecule has 0 atom stereocenters. The van der Waals surface area contributed by atoms with Gasteiger partial charge in [-0.2, -0.15) is 0 Å². The van der Waals surface area contributed by atoms with Crippen LogP contribution >= 0.6 is 0 Å². The van der Waals surface area contributed by atoms with Gasteiger partial charge in [0.15, 0.2) is 5.69 Å². The van der Waals surface area contributed by atoms with Gasteiger partial charge in [0.1, 0.15) is 5.76 Å². The summed E-state index contributed by atoms with van der Waals surface area (Å²) in [6.45, 7) is 5.51. The molecule has 0 aliphatic rings. The van der Waals surface area contributed by atoms with Crippen LogP contribution in [0.4, 0.5) is 0 Å². The third kappa shape index (κ3) is 2.06. The number of aromatic carboxylic acids is 1. The largest absolute Gasteiger partial charge is 0.476 e. The van der Waals surface area contributed by atoms with Crippen LogP contribution in [0.1, 0.15) is 27.4 Å². The predicted molar refractivity (Wildman–Crippen MR) is 63.1 cm³/mol. The minimum atomic E-state index is -1.07. The van der Waals surface area contributed by atoms with Crippen molar-refractivity contribution >= 4 is 5.97 Å². The fourth-order valence-corrected chi connectivity index (χ4v) is 1.68. The Labute approximate surface area is 98.9 Å². The number of benzene rings is 1. The quantitative estimate of drug-likeness (QED) is 0.863. The van der Waals surface area contributed by atoms with Gasteiger partial charge in [0, 0.05) is 5.56 Å². The molecule has 2 rings (SSSR count). The molecule has 88 valence electrons. The summed E-state index contributed by atoms with van der Waals surface area (Å²) in [6.07, 6.45) is 0. The van der Waals surface area contributed by atoms with E-state index in [2.05, 4.69) is 4.98 Å². The lowest BCUT2D eigenvalue weighted by Gasteiger charge is -2.02. The number of carboxylic acids is 1. The Kier molecular flexibility index (Phi) is 2.71. The van der Waals surface area contributed by atoms with Gasteiger partial charge >= 0.3 is 5.97 Å². The van der Waals surface area contributed by atoms with Crippen molar-refractivity contribution in [3.05, 3.63) is 40.8 Å². The van der Waals surface area contributed by atoms with Gasteiger partial charge in [-0.15, -0.1) is 0 Å². The van der Waals surface area contributed by atoms with Crippen LogP contribution in [0.3, 0.4) is 0 Å². The van der Waals surface area contributed by atoms with Gasteiger partial charge in [0.25, 0.3) is 0 Å². The van der Waals surface area contributed by atoms with Crippen LogP contribution in [-0.4, -0.2) is 16.1 Å². The van der Waals surface area contributed by atoms with E-state index in [1.54, 1.807) is 6.92 Å². The maximum atomic E-state index is 10.9. The zero-order valence-corrected chi connectivity index (χ0v) is 9.94. The first-order valence-corrected chi connectivity index (χ1v) is 5.27. The van der Waals surface area contributed by atoms with E-state index >= 15 is 0 Å². The molecular weight excluding hydrogens is 218 g/mol. The first-order valence-electron chi connectivity index (χ1n) is 5.27. The van der Waals surface area contributed by atoms with Crippen LogP contribution in [0.5, 0.6) is 0 Å². The van der Waals surface area contributed by atoms with E-state index in [0.29, 0.717) is 11.7 Å². The summed E-state index contributed by atoms with van der Waals surface area (Å²) < 4.78 is 5.41. The molecule has 0 aliphatic carbocycles. The lowest BCUT2D eigenvalue weighted by atomic mass is 10.1.